The summed E-state index contributed by atoms with van der Waals surface area (Å²) in [6, 6.07) is 1.99. The zero-order valence-electron chi connectivity index (χ0n) is 15.3. The molecule has 2 aromatic rings. The Labute approximate surface area is 158 Å². The van der Waals surface area contributed by atoms with Crippen LogP contribution >= 0.6 is 0 Å². The van der Waals surface area contributed by atoms with Crippen LogP contribution in [0.2, 0.25) is 0 Å². The number of alkyl halides is 3. The number of fused-ring (bicyclic) bond motifs is 2. The second kappa shape index (κ2) is 6.42. The summed E-state index contributed by atoms with van der Waals surface area (Å²) in [7, 11) is 0. The van der Waals surface area contributed by atoms with Crippen molar-refractivity contribution in [2.24, 2.45) is 0 Å². The number of likely N-dealkylation sites (tertiary alicyclic amines) is 1. The molecule has 1 amide bonds. The third kappa shape index (κ3) is 3.08. The summed E-state index contributed by atoms with van der Waals surface area (Å²) in [6.45, 7) is 2.68. The molecule has 2 aromatic heterocycles. The highest BCUT2D eigenvalue weighted by atomic mass is 19.4. The van der Waals surface area contributed by atoms with E-state index in [-0.39, 0.29) is 22.4 Å². The number of nitrogens with one attached hydrogen (secondary N) is 1. The molecule has 0 unspecified atom stereocenters. The lowest BCUT2D eigenvalue weighted by molar-refractivity contribution is -0.141. The summed E-state index contributed by atoms with van der Waals surface area (Å²) < 4.78 is 37.9. The predicted octanol–water partition coefficient (Wildman–Crippen LogP) is 2.61. The molecule has 3 heterocycles. The maximum Gasteiger partial charge on any atom is 0.433 e. The van der Waals surface area contributed by atoms with Crippen LogP contribution in [-0.4, -0.2) is 38.8 Å². The predicted molar refractivity (Wildman–Crippen MR) is 94.0 cm³/mol. The largest absolute Gasteiger partial charge is 0.433 e. The van der Waals surface area contributed by atoms with Crippen LogP contribution in [0.1, 0.15) is 52.4 Å². The van der Waals surface area contributed by atoms with Gasteiger partial charge in [0.2, 0.25) is 0 Å². The SMILES string of the molecule is Cc1nc2c(c(=O)[nH]1)CCC21CCN(C(=O)c2ccc(C(F)(F)F)nc2)CC1. The molecule has 1 aliphatic heterocycles. The lowest BCUT2D eigenvalue weighted by atomic mass is 9.76. The number of aromatic nitrogens is 3. The first-order valence-electron chi connectivity index (χ1n) is 9.12. The van der Waals surface area contributed by atoms with Gasteiger partial charge in [-0.3, -0.25) is 14.6 Å². The molecule has 4 rings (SSSR count). The average Bonchev–Trinajstić information content (AvgIpc) is 3.00. The molecule has 1 N–H and O–H groups in total. The van der Waals surface area contributed by atoms with E-state index in [1.807, 2.05) is 0 Å². The highest BCUT2D eigenvalue weighted by Gasteiger charge is 2.44. The fourth-order valence-electron chi connectivity index (χ4n) is 4.26. The number of hydrogen-bond acceptors (Lipinski definition) is 4. The number of carbonyl (C=O) groups is 1. The molecule has 0 atom stereocenters. The summed E-state index contributed by atoms with van der Waals surface area (Å²) in [5.41, 5.74) is 0.406. The molecule has 1 saturated heterocycles. The van der Waals surface area contributed by atoms with Crippen molar-refractivity contribution in [3.63, 3.8) is 0 Å². The molecule has 6 nitrogen and oxygen atoms in total. The molecule has 1 aliphatic carbocycles. The number of carbonyl (C=O) groups excluding carboxylic acids is 1. The maximum atomic E-state index is 12.7. The number of nitrogens with zero attached hydrogens (tertiary/aromatic N) is 3. The van der Waals surface area contributed by atoms with Crippen LogP contribution in [0.4, 0.5) is 13.2 Å². The Balaban J connectivity index is 1.50. The Kier molecular flexibility index (Phi) is 4.28. The van der Waals surface area contributed by atoms with E-state index in [1.165, 1.54) is 0 Å². The molecule has 148 valence electrons. The third-order valence-corrected chi connectivity index (χ3v) is 5.80. The van der Waals surface area contributed by atoms with E-state index in [1.54, 1.807) is 11.8 Å². The maximum absolute atomic E-state index is 12.7. The van der Waals surface area contributed by atoms with Gasteiger partial charge in [-0.1, -0.05) is 0 Å². The lowest BCUT2D eigenvalue weighted by Gasteiger charge is -2.39. The third-order valence-electron chi connectivity index (χ3n) is 5.80. The van der Waals surface area contributed by atoms with Crippen LogP contribution in [-0.2, 0) is 18.0 Å². The number of rotatable bonds is 1. The van der Waals surface area contributed by atoms with Gasteiger partial charge >= 0.3 is 6.18 Å². The minimum atomic E-state index is -4.53. The topological polar surface area (TPSA) is 79.0 Å². The van der Waals surface area contributed by atoms with Crippen LogP contribution in [0.15, 0.2) is 23.1 Å². The highest BCUT2D eigenvalue weighted by Crippen LogP contribution is 2.44. The molecule has 0 aromatic carbocycles. The number of H-pyrrole nitrogens is 1. The summed E-state index contributed by atoms with van der Waals surface area (Å²) in [6.07, 6.45) is -0.700. The quantitative estimate of drug-likeness (QED) is 0.809. The van der Waals surface area contributed by atoms with Crippen LogP contribution in [0.3, 0.4) is 0 Å². The van der Waals surface area contributed by atoms with Crippen LogP contribution in [0.25, 0.3) is 0 Å². The zero-order valence-corrected chi connectivity index (χ0v) is 15.3. The standard InChI is InChI=1S/C19H19F3N4O2/c1-11-24-15-13(16(27)25-11)4-5-18(15)6-8-26(9-7-18)17(28)12-2-3-14(23-10-12)19(20,21)22/h2-3,10H,4-9H2,1H3,(H,24,25,27). The van der Waals surface area contributed by atoms with E-state index in [2.05, 4.69) is 15.0 Å². The normalized spacial score (nSPS) is 18.4. The van der Waals surface area contributed by atoms with E-state index >= 15 is 0 Å². The monoisotopic (exact) mass is 392 g/mol. The van der Waals surface area contributed by atoms with Crippen LogP contribution < -0.4 is 5.56 Å². The molecule has 0 radical (unpaired) electrons. The smallest absolute Gasteiger partial charge is 0.339 e. The zero-order chi connectivity index (χ0) is 20.1. The first-order chi connectivity index (χ1) is 13.2. The van der Waals surface area contributed by atoms with Crippen LogP contribution in [0.5, 0.6) is 0 Å². The van der Waals surface area contributed by atoms with E-state index in [0.717, 1.165) is 36.0 Å². The van der Waals surface area contributed by atoms with Gasteiger partial charge in [-0.25, -0.2) is 4.98 Å². The summed E-state index contributed by atoms with van der Waals surface area (Å²) in [5, 5.41) is 0. The van der Waals surface area contributed by atoms with Gasteiger partial charge < -0.3 is 9.88 Å². The molecule has 9 heteroatoms. The summed E-state index contributed by atoms with van der Waals surface area (Å²) in [4.78, 5) is 37.1. The number of piperidine rings is 1. The van der Waals surface area contributed by atoms with Crippen molar-refractivity contribution in [1.29, 1.82) is 0 Å². The molecule has 28 heavy (non-hydrogen) atoms. The van der Waals surface area contributed by atoms with Gasteiger partial charge in [0.05, 0.1) is 11.3 Å². The Hall–Kier alpha value is -2.71. The number of pyridine rings is 1. The molecular weight excluding hydrogens is 373 g/mol. The summed E-state index contributed by atoms with van der Waals surface area (Å²) in [5.74, 6) is 0.253. The Morgan fingerprint density at radius 2 is 1.93 bits per heavy atom. The first kappa shape index (κ1) is 18.6. The molecule has 2 aliphatic rings. The first-order valence-corrected chi connectivity index (χ1v) is 9.12. The van der Waals surface area contributed by atoms with Gasteiger partial charge in [0.25, 0.3) is 11.5 Å². The number of aromatic amines is 1. The Morgan fingerprint density at radius 3 is 2.54 bits per heavy atom. The van der Waals surface area contributed by atoms with Gasteiger partial charge in [-0.05, 0) is 44.7 Å². The fraction of sp³-hybridized carbons (Fsp3) is 0.474. The number of aryl methyl sites for hydroxylation is 1. The second-order valence-corrected chi connectivity index (χ2v) is 7.48. The van der Waals surface area contributed by atoms with Crippen molar-refractivity contribution in [2.75, 3.05) is 13.1 Å². The van der Waals surface area contributed by atoms with Crippen molar-refractivity contribution in [1.82, 2.24) is 19.9 Å². The minimum absolute atomic E-state index is 0.0892. The average molecular weight is 392 g/mol. The van der Waals surface area contributed by atoms with Gasteiger partial charge in [-0.2, -0.15) is 13.2 Å². The summed E-state index contributed by atoms with van der Waals surface area (Å²) >= 11 is 0. The van der Waals surface area contributed by atoms with Gasteiger partial charge in [0, 0.05) is 30.3 Å². The molecule has 0 saturated carbocycles. The van der Waals surface area contributed by atoms with E-state index in [9.17, 15) is 22.8 Å². The molecule has 0 bridgehead atoms. The number of halogens is 3. The van der Waals surface area contributed by atoms with E-state index in [4.69, 9.17) is 0 Å². The van der Waals surface area contributed by atoms with Gasteiger partial charge in [-0.15, -0.1) is 0 Å². The second-order valence-electron chi connectivity index (χ2n) is 7.48. The van der Waals surface area contributed by atoms with Gasteiger partial charge in [0.1, 0.15) is 11.5 Å². The fourth-order valence-corrected chi connectivity index (χ4v) is 4.26. The van der Waals surface area contributed by atoms with Crippen molar-refractivity contribution in [2.45, 2.75) is 44.2 Å². The van der Waals surface area contributed by atoms with Crippen LogP contribution in [0, 0.1) is 6.92 Å². The number of amides is 1. The number of hydrogen-bond donors (Lipinski definition) is 1. The molecular formula is C19H19F3N4O2. The van der Waals surface area contributed by atoms with E-state index in [0.29, 0.717) is 38.2 Å². The Bertz CT molecular complexity index is 974. The van der Waals surface area contributed by atoms with Crippen molar-refractivity contribution >= 4 is 5.91 Å². The highest BCUT2D eigenvalue weighted by molar-refractivity contribution is 5.94. The van der Waals surface area contributed by atoms with Gasteiger partial charge in [0.15, 0.2) is 0 Å². The van der Waals surface area contributed by atoms with E-state index < -0.39 is 11.9 Å². The van der Waals surface area contributed by atoms with Crippen molar-refractivity contribution < 1.29 is 18.0 Å². The van der Waals surface area contributed by atoms with Crippen molar-refractivity contribution in [3.05, 3.63) is 57.0 Å². The molecule has 1 fully saturated rings. The lowest BCUT2D eigenvalue weighted by Crippen LogP contribution is -2.45. The minimum Gasteiger partial charge on any atom is -0.339 e. The molecule has 1 spiro atoms. The Morgan fingerprint density at radius 1 is 1.21 bits per heavy atom. The van der Waals surface area contributed by atoms with Crippen molar-refractivity contribution in [3.8, 4) is 0 Å².